The lowest BCUT2D eigenvalue weighted by atomic mass is 9.95. The Hall–Kier alpha value is -0.320. The van der Waals surface area contributed by atoms with Crippen molar-refractivity contribution in [3.05, 3.63) is 0 Å². The molecule has 5 heteroatoms. The third-order valence-corrected chi connectivity index (χ3v) is 3.12. The number of hydrogen-bond acceptors (Lipinski definition) is 3. The second-order valence-corrected chi connectivity index (χ2v) is 4.67. The molecule has 1 atom stereocenters. The minimum Gasteiger partial charge on any atom is -0.355 e. The van der Waals surface area contributed by atoms with Crippen LogP contribution in [0.15, 0.2) is 0 Å². The van der Waals surface area contributed by atoms with E-state index in [1.165, 1.54) is 12.8 Å². The van der Waals surface area contributed by atoms with Gasteiger partial charge in [-0.05, 0) is 44.7 Å². The van der Waals surface area contributed by atoms with Crippen LogP contribution in [0.2, 0.25) is 0 Å². The molecule has 0 aromatic carbocycles. The summed E-state index contributed by atoms with van der Waals surface area (Å²) < 4.78 is 0. The molecular weight excluding hydrogens is 238 g/mol. The number of amides is 1. The average molecular weight is 264 g/mol. The first-order valence-corrected chi connectivity index (χ1v) is 6.45. The van der Waals surface area contributed by atoms with Gasteiger partial charge in [-0.2, -0.15) is 0 Å². The van der Waals surface area contributed by atoms with Gasteiger partial charge >= 0.3 is 0 Å². The molecule has 102 valence electrons. The highest BCUT2D eigenvalue weighted by Gasteiger charge is 2.20. The highest BCUT2D eigenvalue weighted by atomic mass is 35.5. The highest BCUT2D eigenvalue weighted by Crippen LogP contribution is 2.18. The number of nitrogens with one attached hydrogen (secondary N) is 1. The molecule has 1 heterocycles. The minimum absolute atomic E-state index is 0. The predicted molar refractivity (Wildman–Crippen MR) is 73.4 cm³/mol. The van der Waals surface area contributed by atoms with Gasteiger partial charge in [-0.3, -0.25) is 9.69 Å². The molecule has 1 amide bonds. The number of piperidine rings is 1. The van der Waals surface area contributed by atoms with Crippen LogP contribution in [-0.4, -0.2) is 43.5 Å². The standard InChI is InChI=1S/C12H25N3O.ClH/c1-2-7-14-12(16)10-15-8-3-4-11(9-15)5-6-13;/h11H,2-10,13H2,1H3,(H,14,16);1H. The maximum Gasteiger partial charge on any atom is 0.234 e. The SMILES string of the molecule is CCCNC(=O)CN1CCCC(CCN)C1.Cl. The molecule has 0 aromatic heterocycles. The lowest BCUT2D eigenvalue weighted by molar-refractivity contribution is -0.122. The molecule has 1 aliphatic rings. The third-order valence-electron chi connectivity index (χ3n) is 3.12. The number of rotatable bonds is 6. The molecule has 1 saturated heterocycles. The number of carbonyl (C=O) groups excluding carboxylic acids is 1. The zero-order chi connectivity index (χ0) is 11.8. The number of carbonyl (C=O) groups is 1. The van der Waals surface area contributed by atoms with Crippen molar-refractivity contribution in [2.75, 3.05) is 32.7 Å². The maximum absolute atomic E-state index is 11.6. The molecule has 1 unspecified atom stereocenters. The average Bonchev–Trinajstić information content (AvgIpc) is 2.27. The fourth-order valence-corrected chi connectivity index (χ4v) is 2.29. The van der Waals surface area contributed by atoms with Gasteiger partial charge in [0.25, 0.3) is 0 Å². The Balaban J connectivity index is 0.00000256. The lowest BCUT2D eigenvalue weighted by Gasteiger charge is -2.32. The first-order chi connectivity index (χ1) is 7.76. The third kappa shape index (κ3) is 6.86. The number of nitrogens with two attached hydrogens (primary N) is 1. The Morgan fingerprint density at radius 2 is 2.29 bits per heavy atom. The molecule has 1 aliphatic heterocycles. The van der Waals surface area contributed by atoms with E-state index in [4.69, 9.17) is 5.73 Å². The van der Waals surface area contributed by atoms with Crippen LogP contribution in [0.1, 0.15) is 32.6 Å². The van der Waals surface area contributed by atoms with Crippen LogP contribution < -0.4 is 11.1 Å². The summed E-state index contributed by atoms with van der Waals surface area (Å²) in [6, 6.07) is 0. The summed E-state index contributed by atoms with van der Waals surface area (Å²) in [5, 5.41) is 2.92. The summed E-state index contributed by atoms with van der Waals surface area (Å²) in [4.78, 5) is 13.8. The summed E-state index contributed by atoms with van der Waals surface area (Å²) in [6.45, 7) is 6.27. The van der Waals surface area contributed by atoms with Crippen molar-refractivity contribution in [3.8, 4) is 0 Å². The quantitative estimate of drug-likeness (QED) is 0.752. The number of nitrogens with zero attached hydrogens (tertiary/aromatic N) is 1. The molecule has 0 aliphatic carbocycles. The van der Waals surface area contributed by atoms with E-state index in [0.717, 1.165) is 39.0 Å². The van der Waals surface area contributed by atoms with Crippen LogP contribution in [0.5, 0.6) is 0 Å². The van der Waals surface area contributed by atoms with Gasteiger partial charge in [0, 0.05) is 13.1 Å². The summed E-state index contributed by atoms with van der Waals surface area (Å²) in [5.74, 6) is 0.855. The van der Waals surface area contributed by atoms with Crippen LogP contribution in [-0.2, 0) is 4.79 Å². The predicted octanol–water partition coefficient (Wildman–Crippen LogP) is 0.995. The van der Waals surface area contributed by atoms with E-state index in [1.54, 1.807) is 0 Å². The van der Waals surface area contributed by atoms with Crippen molar-refractivity contribution in [1.82, 2.24) is 10.2 Å². The minimum atomic E-state index is 0. The Morgan fingerprint density at radius 3 is 2.94 bits per heavy atom. The number of halogens is 1. The molecule has 0 bridgehead atoms. The number of hydrogen-bond donors (Lipinski definition) is 2. The van der Waals surface area contributed by atoms with E-state index >= 15 is 0 Å². The molecule has 0 spiro atoms. The van der Waals surface area contributed by atoms with Gasteiger partial charge in [-0.1, -0.05) is 6.92 Å². The second kappa shape index (κ2) is 9.68. The summed E-state index contributed by atoms with van der Waals surface area (Å²) in [6.07, 6.45) is 4.56. The molecule has 1 rings (SSSR count). The van der Waals surface area contributed by atoms with Crippen LogP contribution >= 0.6 is 12.4 Å². The Bertz CT molecular complexity index is 212. The van der Waals surface area contributed by atoms with Crippen molar-refractivity contribution in [2.45, 2.75) is 32.6 Å². The van der Waals surface area contributed by atoms with E-state index in [2.05, 4.69) is 17.1 Å². The van der Waals surface area contributed by atoms with Gasteiger partial charge < -0.3 is 11.1 Å². The Morgan fingerprint density at radius 1 is 1.53 bits per heavy atom. The Labute approximate surface area is 111 Å². The topological polar surface area (TPSA) is 58.4 Å². The second-order valence-electron chi connectivity index (χ2n) is 4.67. The Kier molecular flexibility index (Phi) is 9.50. The molecule has 0 aromatic rings. The molecule has 17 heavy (non-hydrogen) atoms. The van der Waals surface area contributed by atoms with Gasteiger partial charge in [-0.25, -0.2) is 0 Å². The summed E-state index contributed by atoms with van der Waals surface area (Å²) in [5.41, 5.74) is 5.57. The van der Waals surface area contributed by atoms with Gasteiger partial charge in [0.05, 0.1) is 6.54 Å². The van der Waals surface area contributed by atoms with E-state index in [-0.39, 0.29) is 18.3 Å². The van der Waals surface area contributed by atoms with Gasteiger partial charge in [0.1, 0.15) is 0 Å². The summed E-state index contributed by atoms with van der Waals surface area (Å²) >= 11 is 0. The van der Waals surface area contributed by atoms with Crippen LogP contribution in [0.3, 0.4) is 0 Å². The lowest BCUT2D eigenvalue weighted by Crippen LogP contribution is -2.43. The fraction of sp³-hybridized carbons (Fsp3) is 0.917. The van der Waals surface area contributed by atoms with E-state index in [0.29, 0.717) is 12.5 Å². The maximum atomic E-state index is 11.6. The molecule has 1 fully saturated rings. The van der Waals surface area contributed by atoms with E-state index in [1.807, 2.05) is 0 Å². The van der Waals surface area contributed by atoms with E-state index < -0.39 is 0 Å². The molecule has 0 saturated carbocycles. The number of likely N-dealkylation sites (tertiary alicyclic amines) is 1. The molecule has 3 N–H and O–H groups in total. The van der Waals surface area contributed by atoms with Crippen molar-refractivity contribution in [3.63, 3.8) is 0 Å². The first-order valence-electron chi connectivity index (χ1n) is 6.45. The largest absolute Gasteiger partial charge is 0.355 e. The summed E-state index contributed by atoms with van der Waals surface area (Å²) in [7, 11) is 0. The molecule has 4 nitrogen and oxygen atoms in total. The van der Waals surface area contributed by atoms with Crippen molar-refractivity contribution in [1.29, 1.82) is 0 Å². The zero-order valence-corrected chi connectivity index (χ0v) is 11.6. The highest BCUT2D eigenvalue weighted by molar-refractivity contribution is 5.85. The first kappa shape index (κ1) is 16.7. The van der Waals surface area contributed by atoms with Crippen molar-refractivity contribution >= 4 is 18.3 Å². The van der Waals surface area contributed by atoms with Gasteiger partial charge in [0.15, 0.2) is 0 Å². The fourth-order valence-electron chi connectivity index (χ4n) is 2.29. The van der Waals surface area contributed by atoms with Gasteiger partial charge in [0.2, 0.25) is 5.91 Å². The monoisotopic (exact) mass is 263 g/mol. The smallest absolute Gasteiger partial charge is 0.234 e. The van der Waals surface area contributed by atoms with Crippen LogP contribution in [0, 0.1) is 5.92 Å². The van der Waals surface area contributed by atoms with Gasteiger partial charge in [-0.15, -0.1) is 12.4 Å². The normalized spacial score (nSPS) is 20.7. The molecular formula is C12H26ClN3O. The van der Waals surface area contributed by atoms with Crippen LogP contribution in [0.25, 0.3) is 0 Å². The van der Waals surface area contributed by atoms with Crippen molar-refractivity contribution < 1.29 is 4.79 Å². The van der Waals surface area contributed by atoms with Crippen molar-refractivity contribution in [2.24, 2.45) is 11.7 Å². The molecule has 0 radical (unpaired) electrons. The zero-order valence-electron chi connectivity index (χ0n) is 10.8. The van der Waals surface area contributed by atoms with Crippen LogP contribution in [0.4, 0.5) is 0 Å². The van der Waals surface area contributed by atoms with E-state index in [9.17, 15) is 4.79 Å².